The Balaban J connectivity index is 2.17. The summed E-state index contributed by atoms with van der Waals surface area (Å²) in [4.78, 5) is 26.0. The van der Waals surface area contributed by atoms with E-state index in [2.05, 4.69) is 21.0 Å². The summed E-state index contributed by atoms with van der Waals surface area (Å²) >= 11 is 3.55. The van der Waals surface area contributed by atoms with Crippen LogP contribution in [0.5, 0.6) is 0 Å². The SMILES string of the molecule is CCn1nc(C)c(Br)c1CC1(C(=O)O)CCN(C(=O)OC(C)(C)C)CC1. The third kappa shape index (κ3) is 4.39. The lowest BCUT2D eigenvalue weighted by Crippen LogP contribution is -2.49. The first-order valence-corrected chi connectivity index (χ1v) is 9.71. The fraction of sp³-hybridized carbons (Fsp3) is 0.722. The molecule has 0 bridgehead atoms. The number of ether oxygens (including phenoxy) is 1. The van der Waals surface area contributed by atoms with Gasteiger partial charge >= 0.3 is 12.1 Å². The third-order valence-electron chi connectivity index (χ3n) is 4.78. The molecule has 0 aromatic carbocycles. The van der Waals surface area contributed by atoms with Gasteiger partial charge in [-0.15, -0.1) is 0 Å². The summed E-state index contributed by atoms with van der Waals surface area (Å²) in [5.41, 5.74) is 0.293. The topological polar surface area (TPSA) is 84.7 Å². The minimum atomic E-state index is -0.902. The van der Waals surface area contributed by atoms with Crippen LogP contribution in [0.15, 0.2) is 4.47 Å². The number of amides is 1. The van der Waals surface area contributed by atoms with Gasteiger partial charge in [0, 0.05) is 26.1 Å². The van der Waals surface area contributed by atoms with Crippen molar-refractivity contribution in [2.24, 2.45) is 5.41 Å². The van der Waals surface area contributed by atoms with Crippen molar-refractivity contribution < 1.29 is 19.4 Å². The number of carbonyl (C=O) groups excluding carboxylic acids is 1. The van der Waals surface area contributed by atoms with Gasteiger partial charge in [-0.2, -0.15) is 5.10 Å². The van der Waals surface area contributed by atoms with Crippen LogP contribution in [-0.4, -0.2) is 50.5 Å². The molecule has 146 valence electrons. The Morgan fingerprint density at radius 1 is 1.31 bits per heavy atom. The zero-order chi connectivity index (χ0) is 19.7. The van der Waals surface area contributed by atoms with Crippen molar-refractivity contribution >= 4 is 28.0 Å². The Labute approximate surface area is 162 Å². The molecule has 1 aliphatic heterocycles. The highest BCUT2D eigenvalue weighted by molar-refractivity contribution is 9.10. The summed E-state index contributed by atoms with van der Waals surface area (Å²) in [6, 6.07) is 0. The van der Waals surface area contributed by atoms with E-state index in [4.69, 9.17) is 4.74 Å². The van der Waals surface area contributed by atoms with Gasteiger partial charge in [0.25, 0.3) is 0 Å². The Kier molecular flexibility index (Phi) is 6.05. The second-order valence-corrected chi connectivity index (χ2v) is 8.68. The quantitative estimate of drug-likeness (QED) is 0.789. The molecule has 1 amide bonds. The Hall–Kier alpha value is -1.57. The van der Waals surface area contributed by atoms with Gasteiger partial charge in [0.2, 0.25) is 0 Å². The van der Waals surface area contributed by atoms with E-state index in [1.807, 2.05) is 39.3 Å². The maximum Gasteiger partial charge on any atom is 0.410 e. The number of aliphatic carboxylic acids is 1. The van der Waals surface area contributed by atoms with Gasteiger partial charge in [-0.3, -0.25) is 9.48 Å². The van der Waals surface area contributed by atoms with Gasteiger partial charge in [-0.25, -0.2) is 4.79 Å². The van der Waals surface area contributed by atoms with Crippen LogP contribution in [-0.2, 0) is 22.5 Å². The normalized spacial score (nSPS) is 17.2. The largest absolute Gasteiger partial charge is 0.481 e. The molecular formula is C18H28BrN3O4. The number of nitrogens with zero attached hydrogens (tertiary/aromatic N) is 3. The fourth-order valence-corrected chi connectivity index (χ4v) is 3.69. The Morgan fingerprint density at radius 3 is 2.35 bits per heavy atom. The van der Waals surface area contributed by atoms with Crippen molar-refractivity contribution in [3.8, 4) is 0 Å². The van der Waals surface area contributed by atoms with Crippen molar-refractivity contribution in [3.63, 3.8) is 0 Å². The van der Waals surface area contributed by atoms with Crippen LogP contribution in [0.1, 0.15) is 51.9 Å². The molecular weight excluding hydrogens is 402 g/mol. The second kappa shape index (κ2) is 7.58. The predicted octanol–water partition coefficient (Wildman–Crippen LogP) is 3.62. The number of rotatable bonds is 4. The molecule has 0 radical (unpaired) electrons. The molecule has 1 aromatic rings. The lowest BCUT2D eigenvalue weighted by molar-refractivity contribution is -0.152. The molecule has 2 heterocycles. The predicted molar refractivity (Wildman–Crippen MR) is 101 cm³/mol. The fourth-order valence-electron chi connectivity index (χ4n) is 3.27. The van der Waals surface area contributed by atoms with Crippen LogP contribution < -0.4 is 0 Å². The van der Waals surface area contributed by atoms with Crippen molar-refractivity contribution in [1.82, 2.24) is 14.7 Å². The summed E-state index contributed by atoms with van der Waals surface area (Å²) in [5, 5.41) is 14.4. The van der Waals surface area contributed by atoms with E-state index in [-0.39, 0.29) is 6.09 Å². The molecule has 0 saturated carbocycles. The molecule has 8 heteroatoms. The third-order valence-corrected chi connectivity index (χ3v) is 5.82. The molecule has 1 saturated heterocycles. The van der Waals surface area contributed by atoms with Crippen molar-refractivity contribution in [1.29, 1.82) is 0 Å². The van der Waals surface area contributed by atoms with Crippen LogP contribution in [0, 0.1) is 12.3 Å². The number of carbonyl (C=O) groups is 2. The first-order chi connectivity index (χ1) is 12.0. The smallest absolute Gasteiger partial charge is 0.410 e. The highest BCUT2D eigenvalue weighted by Gasteiger charge is 2.44. The average Bonchev–Trinajstić information content (AvgIpc) is 2.81. The van der Waals surface area contributed by atoms with Crippen molar-refractivity contribution in [3.05, 3.63) is 15.9 Å². The number of piperidine rings is 1. The van der Waals surface area contributed by atoms with E-state index >= 15 is 0 Å². The van der Waals surface area contributed by atoms with Gasteiger partial charge in [0.1, 0.15) is 5.60 Å². The van der Waals surface area contributed by atoms with Crippen LogP contribution in [0.2, 0.25) is 0 Å². The number of aryl methyl sites for hydroxylation is 2. The number of aromatic nitrogens is 2. The van der Waals surface area contributed by atoms with E-state index < -0.39 is 17.0 Å². The Bertz CT molecular complexity index is 685. The van der Waals surface area contributed by atoms with Gasteiger partial charge in [0.15, 0.2) is 0 Å². The maximum absolute atomic E-state index is 12.2. The number of hydrogen-bond donors (Lipinski definition) is 1. The molecule has 1 aromatic heterocycles. The van der Waals surface area contributed by atoms with E-state index in [9.17, 15) is 14.7 Å². The van der Waals surface area contributed by atoms with Crippen LogP contribution in [0.3, 0.4) is 0 Å². The summed E-state index contributed by atoms with van der Waals surface area (Å²) in [6.45, 7) is 10.8. The summed E-state index contributed by atoms with van der Waals surface area (Å²) in [7, 11) is 0. The number of carboxylic acids is 1. The molecule has 0 aliphatic carbocycles. The molecule has 1 N–H and O–H groups in total. The highest BCUT2D eigenvalue weighted by atomic mass is 79.9. The minimum absolute atomic E-state index is 0.373. The number of hydrogen-bond acceptors (Lipinski definition) is 4. The number of carboxylic acid groups (broad SMARTS) is 1. The van der Waals surface area contributed by atoms with E-state index in [0.717, 1.165) is 15.9 Å². The first-order valence-electron chi connectivity index (χ1n) is 8.92. The Morgan fingerprint density at radius 2 is 1.88 bits per heavy atom. The van der Waals surface area contributed by atoms with Crippen molar-refractivity contribution in [2.75, 3.05) is 13.1 Å². The standard InChI is InChI=1S/C18H28BrN3O4/c1-6-22-13(14(19)12(2)20-22)11-18(15(23)24)7-9-21(10-8-18)16(25)26-17(3,4)5/h6-11H2,1-5H3,(H,23,24). The summed E-state index contributed by atoms with van der Waals surface area (Å²) in [6.07, 6.45) is 0.788. The highest BCUT2D eigenvalue weighted by Crippen LogP contribution is 2.38. The molecule has 7 nitrogen and oxygen atoms in total. The maximum atomic E-state index is 12.2. The van der Waals surface area contributed by atoms with Gasteiger partial charge in [-0.05, 0) is 63.4 Å². The van der Waals surface area contributed by atoms with E-state index in [0.29, 0.717) is 38.9 Å². The van der Waals surface area contributed by atoms with Crippen LogP contribution >= 0.6 is 15.9 Å². The van der Waals surface area contributed by atoms with Gasteiger partial charge in [0.05, 0.1) is 21.3 Å². The monoisotopic (exact) mass is 429 g/mol. The van der Waals surface area contributed by atoms with Gasteiger partial charge < -0.3 is 14.7 Å². The van der Waals surface area contributed by atoms with Crippen molar-refractivity contribution in [2.45, 2.75) is 66.0 Å². The first kappa shape index (κ1) is 20.7. The van der Waals surface area contributed by atoms with Crippen LogP contribution in [0.4, 0.5) is 4.79 Å². The lowest BCUT2D eigenvalue weighted by atomic mass is 9.75. The molecule has 0 unspecified atom stereocenters. The van der Waals surface area contributed by atoms with Crippen LogP contribution in [0.25, 0.3) is 0 Å². The molecule has 1 fully saturated rings. The molecule has 0 spiro atoms. The molecule has 0 atom stereocenters. The second-order valence-electron chi connectivity index (χ2n) is 7.89. The van der Waals surface area contributed by atoms with Gasteiger partial charge in [-0.1, -0.05) is 0 Å². The summed E-state index contributed by atoms with van der Waals surface area (Å²) in [5.74, 6) is -0.824. The summed E-state index contributed by atoms with van der Waals surface area (Å²) < 4.78 is 8.12. The average molecular weight is 430 g/mol. The number of halogens is 1. The minimum Gasteiger partial charge on any atom is -0.481 e. The lowest BCUT2D eigenvalue weighted by Gasteiger charge is -2.39. The zero-order valence-corrected chi connectivity index (χ0v) is 17.7. The molecule has 26 heavy (non-hydrogen) atoms. The molecule has 2 rings (SSSR count). The zero-order valence-electron chi connectivity index (χ0n) is 16.1. The number of likely N-dealkylation sites (tertiary alicyclic amines) is 1. The van der Waals surface area contributed by atoms with E-state index in [1.165, 1.54) is 0 Å². The van der Waals surface area contributed by atoms with E-state index in [1.54, 1.807) is 4.90 Å². The molecule has 1 aliphatic rings.